The number of nitrogens with zero attached hydrogens (tertiary/aromatic N) is 3. The number of hydrogen-bond acceptors (Lipinski definition) is 2. The van der Waals surface area contributed by atoms with E-state index in [2.05, 4.69) is 422 Å². The molecule has 3 nitrogen and oxygen atoms in total. The third-order valence-corrected chi connectivity index (χ3v) is 31.7. The van der Waals surface area contributed by atoms with Crippen molar-refractivity contribution in [3.63, 3.8) is 0 Å². The first kappa shape index (κ1) is 64.4. The molecule has 0 radical (unpaired) electrons. The fourth-order valence-electron chi connectivity index (χ4n) is 17.1. The van der Waals surface area contributed by atoms with Gasteiger partial charge in [-0.1, -0.05) is 347 Å². The maximum atomic E-state index is 2.72. The summed E-state index contributed by atoms with van der Waals surface area (Å²) in [6, 6.07) is 134. The van der Waals surface area contributed by atoms with Crippen molar-refractivity contribution in [1.29, 1.82) is 0 Å². The average molecular weight is 1350 g/mol. The summed E-state index contributed by atoms with van der Waals surface area (Å²) >= 11 is 0. The number of benzene rings is 14. The van der Waals surface area contributed by atoms with Gasteiger partial charge < -0.3 is 14.4 Å². The second kappa shape index (κ2) is 24.9. The van der Waals surface area contributed by atoms with Gasteiger partial charge in [-0.05, 0) is 157 Å². The van der Waals surface area contributed by atoms with Gasteiger partial charge in [0.2, 0.25) is 0 Å². The van der Waals surface area contributed by atoms with Crippen molar-refractivity contribution in [2.45, 2.75) is 78.6 Å². The van der Waals surface area contributed by atoms with Gasteiger partial charge in [0.25, 0.3) is 6.71 Å². The van der Waals surface area contributed by atoms with Crippen molar-refractivity contribution in [2.24, 2.45) is 0 Å². The molecule has 0 unspecified atom stereocenters. The molecular weight excluding hydrogens is 1260 g/mol. The highest BCUT2D eigenvalue weighted by Gasteiger charge is 2.49. The van der Waals surface area contributed by atoms with Crippen molar-refractivity contribution < 1.29 is 0 Å². The van der Waals surface area contributed by atoms with E-state index < -0.39 is 16.1 Å². The maximum Gasteiger partial charge on any atom is 0.252 e. The summed E-state index contributed by atoms with van der Waals surface area (Å²) in [6.45, 7) is 20.9. The average Bonchev–Trinajstić information content (AvgIpc) is 0.757. The summed E-state index contributed by atoms with van der Waals surface area (Å²) < 4.78 is 2.55. The highest BCUT2D eigenvalue weighted by molar-refractivity contribution is 7.20. The van der Waals surface area contributed by atoms with Crippen LogP contribution in [-0.2, 0) is 16.2 Å². The highest BCUT2D eigenvalue weighted by Crippen LogP contribution is 2.50. The van der Waals surface area contributed by atoms with Crippen LogP contribution in [0.25, 0.3) is 38.6 Å². The van der Waals surface area contributed by atoms with Crippen LogP contribution in [0.4, 0.5) is 34.1 Å². The number of fused-ring (bicyclic) bond motifs is 7. The quantitative estimate of drug-likeness (QED) is 0.0892. The summed E-state index contributed by atoms with van der Waals surface area (Å²) in [5.74, 6) is 0. The molecule has 0 bridgehead atoms. The van der Waals surface area contributed by atoms with E-state index >= 15 is 0 Å². The van der Waals surface area contributed by atoms with Crippen molar-refractivity contribution >= 4 is 137 Å². The van der Waals surface area contributed by atoms with Gasteiger partial charge in [0.05, 0.1) is 16.7 Å². The zero-order valence-corrected chi connectivity index (χ0v) is 61.8. The zero-order chi connectivity index (χ0) is 69.7. The number of rotatable bonds is 12. The normalized spacial score (nSPS) is 13.1. The Morgan fingerprint density at radius 3 is 1.10 bits per heavy atom. The van der Waals surface area contributed by atoms with Crippen LogP contribution in [-0.4, -0.2) is 27.4 Å². The summed E-state index contributed by atoms with van der Waals surface area (Å²) in [6.07, 6.45) is 0. The van der Waals surface area contributed by atoms with Crippen LogP contribution >= 0.6 is 0 Å². The van der Waals surface area contributed by atoms with Gasteiger partial charge >= 0.3 is 0 Å². The van der Waals surface area contributed by atoms with Gasteiger partial charge in [0.15, 0.2) is 16.1 Å². The van der Waals surface area contributed by atoms with Gasteiger partial charge in [-0.15, -0.1) is 0 Å². The van der Waals surface area contributed by atoms with Gasteiger partial charge in [-0.25, -0.2) is 0 Å². The van der Waals surface area contributed by atoms with Crippen LogP contribution in [0.5, 0.6) is 0 Å². The number of aromatic nitrogens is 1. The van der Waals surface area contributed by atoms with Crippen LogP contribution in [0.1, 0.15) is 79.0 Å². The third kappa shape index (κ3) is 10.5. The molecule has 6 heteroatoms. The number of hydrogen-bond donors (Lipinski definition) is 0. The number of anilines is 6. The molecule has 0 aliphatic carbocycles. The fourth-order valence-corrected chi connectivity index (χ4v) is 26.7. The Hall–Kier alpha value is -11.0. The van der Waals surface area contributed by atoms with E-state index in [1.807, 2.05) is 0 Å². The summed E-state index contributed by atoms with van der Waals surface area (Å²) in [4.78, 5) is 5.40. The predicted molar refractivity (Wildman–Crippen MR) is 444 cm³/mol. The van der Waals surface area contributed by atoms with Crippen molar-refractivity contribution in [3.8, 4) is 16.8 Å². The predicted octanol–water partition coefficient (Wildman–Crippen LogP) is 17.2. The SMILES string of the molecule is CC(C)(C)c1ccc(-c2cc(C(C)(C)C)cc3c2N(c2ccc(C(C)(C)C)cc2)c2cc(-n4c5ccccc5c5ccccc54)cc4c2B3c2ccc([Si](c3ccccc3)(c3ccccc3)c3ccccc3)cc2N4c2cccc([Si](c3ccccc3)(c3ccccc3)c3ccccc3)c2)cc1. The molecule has 2 aliphatic rings. The van der Waals surface area contributed by atoms with E-state index in [9.17, 15) is 0 Å². The number of para-hydroxylation sites is 2. The molecule has 0 fully saturated rings. The van der Waals surface area contributed by atoms with Gasteiger partial charge in [0, 0.05) is 50.5 Å². The van der Waals surface area contributed by atoms with E-state index in [0.717, 1.165) is 39.5 Å². The molecule has 14 aromatic carbocycles. The molecule has 102 heavy (non-hydrogen) atoms. The lowest BCUT2D eigenvalue weighted by atomic mass is 9.33. The van der Waals surface area contributed by atoms with Crippen molar-refractivity contribution in [2.75, 3.05) is 9.80 Å². The lowest BCUT2D eigenvalue weighted by Gasteiger charge is -2.46. The minimum Gasteiger partial charge on any atom is -0.311 e. The molecular formula is C96H84BN3Si2. The monoisotopic (exact) mass is 1350 g/mol. The molecule has 0 amide bonds. The largest absolute Gasteiger partial charge is 0.311 e. The first-order chi connectivity index (χ1) is 49.5. The lowest BCUT2D eigenvalue weighted by molar-refractivity contribution is 0.590. The second-order valence-electron chi connectivity index (χ2n) is 31.2. The summed E-state index contributed by atoms with van der Waals surface area (Å²) in [5, 5.41) is 13.1. The van der Waals surface area contributed by atoms with Crippen LogP contribution in [0.15, 0.2) is 346 Å². The molecule has 2 aliphatic heterocycles. The highest BCUT2D eigenvalue weighted by atomic mass is 28.3. The fraction of sp³-hybridized carbons (Fsp3) is 0.125. The van der Waals surface area contributed by atoms with Crippen molar-refractivity contribution in [1.82, 2.24) is 4.57 Å². The minimum absolute atomic E-state index is 0.0308. The van der Waals surface area contributed by atoms with E-state index in [0.29, 0.717) is 0 Å². The molecule has 0 atom stereocenters. The van der Waals surface area contributed by atoms with E-state index in [4.69, 9.17) is 0 Å². The van der Waals surface area contributed by atoms with E-state index in [1.165, 1.54) is 108 Å². The third-order valence-electron chi connectivity index (χ3n) is 22.1. The Morgan fingerprint density at radius 1 is 0.265 bits per heavy atom. The molecule has 15 aromatic rings. The van der Waals surface area contributed by atoms with Gasteiger partial charge in [-0.3, -0.25) is 0 Å². The zero-order valence-electron chi connectivity index (χ0n) is 59.8. The molecule has 3 heterocycles. The standard InChI is InChI=1S/C96H84BN3Si2/c1-94(2,3)68-53-51-67(52-54-68)84-61-70(96(7,8)9)62-86-93(84)100(71-57-55-69(56-58-71)95(4,5)6)91-65-73(99-87-49-30-28-47-82(87)83-48-29-31-50-88(83)99)64-90-92(91)97(86)85-60-59-81(102(77-40-22-13-23-41-77,78-42-24-14-25-43-78)79-44-26-15-27-45-79)66-89(85)98(90)72-33-32-46-80(63-72)101(74-34-16-10-17-35-74,75-36-18-11-19-37-75)76-38-20-12-21-39-76/h10-66H,1-9H3. The van der Waals surface area contributed by atoms with E-state index in [1.54, 1.807) is 0 Å². The minimum atomic E-state index is -3.18. The Bertz CT molecular complexity index is 5370. The second-order valence-corrected chi connectivity index (χ2v) is 38.8. The Morgan fingerprint density at radius 2 is 0.657 bits per heavy atom. The summed E-state index contributed by atoms with van der Waals surface area (Å²) in [5.41, 5.74) is 20.1. The lowest BCUT2D eigenvalue weighted by Crippen LogP contribution is -2.75. The first-order valence-corrected chi connectivity index (χ1v) is 40.3. The Kier molecular flexibility index (Phi) is 15.7. The Labute approximate surface area is 604 Å². The molecule has 494 valence electrons. The molecule has 0 spiro atoms. The van der Waals surface area contributed by atoms with Crippen LogP contribution in [0.2, 0.25) is 0 Å². The molecule has 0 saturated carbocycles. The van der Waals surface area contributed by atoms with Crippen LogP contribution in [0.3, 0.4) is 0 Å². The molecule has 1 aromatic heterocycles. The summed E-state index contributed by atoms with van der Waals surface area (Å²) in [7, 11) is -6.30. The van der Waals surface area contributed by atoms with Gasteiger partial charge in [0.1, 0.15) is 0 Å². The maximum absolute atomic E-state index is 3.18. The molecule has 0 N–H and O–H groups in total. The van der Waals surface area contributed by atoms with E-state index in [-0.39, 0.29) is 23.0 Å². The Balaban J connectivity index is 1.06. The molecule has 0 saturated heterocycles. The smallest absolute Gasteiger partial charge is 0.252 e. The van der Waals surface area contributed by atoms with Crippen molar-refractivity contribution in [3.05, 3.63) is 362 Å². The topological polar surface area (TPSA) is 11.4 Å². The van der Waals surface area contributed by atoms with Crippen LogP contribution < -0.4 is 67.7 Å². The molecule has 17 rings (SSSR count). The van der Waals surface area contributed by atoms with Gasteiger partial charge in [-0.2, -0.15) is 0 Å². The van der Waals surface area contributed by atoms with Crippen LogP contribution in [0, 0.1) is 0 Å². The first-order valence-electron chi connectivity index (χ1n) is 36.3.